The van der Waals surface area contributed by atoms with Gasteiger partial charge in [-0.05, 0) is 36.4 Å². The molecule has 8 nitrogen and oxygen atoms in total. The number of aromatic nitrogens is 2. The summed E-state index contributed by atoms with van der Waals surface area (Å²) < 4.78 is 58.9. The molecule has 0 radical (unpaired) electrons. The fourth-order valence-electron chi connectivity index (χ4n) is 3.05. The summed E-state index contributed by atoms with van der Waals surface area (Å²) in [6, 6.07) is 4.70. The number of sulfonamides is 1. The minimum atomic E-state index is -3.79. The Hall–Kier alpha value is -2.70. The van der Waals surface area contributed by atoms with Crippen LogP contribution >= 0.6 is 11.3 Å². The molecule has 1 fully saturated rings. The molecule has 1 aromatic carbocycles. The van der Waals surface area contributed by atoms with Crippen LogP contribution in [-0.2, 0) is 14.8 Å². The third kappa shape index (κ3) is 3.78. The van der Waals surface area contributed by atoms with Gasteiger partial charge in [-0.15, -0.1) is 16.4 Å². The first-order chi connectivity index (χ1) is 13.9. The predicted molar refractivity (Wildman–Crippen MR) is 99.5 cm³/mol. The molecule has 29 heavy (non-hydrogen) atoms. The number of amides is 1. The summed E-state index contributed by atoms with van der Waals surface area (Å²) in [4.78, 5) is 12.6. The highest BCUT2D eigenvalue weighted by molar-refractivity contribution is 7.91. The van der Waals surface area contributed by atoms with Crippen molar-refractivity contribution in [3.05, 3.63) is 47.3 Å². The maximum atomic E-state index is 13.8. The second-order valence-corrected chi connectivity index (χ2v) is 9.30. The standard InChI is InChI=1S/C17H14F2N4O4S2/c18-10-5-6-11(12(19)9-10)16-21-22-17(27-16)20-15(24)13-3-1-7-23(13)29(25,26)14-4-2-8-28-14/h2,4-6,8-9,13H,1,3,7H2,(H,20,22,24). The Morgan fingerprint density at radius 1 is 1.28 bits per heavy atom. The Labute approximate surface area is 168 Å². The molecular weight excluding hydrogens is 426 g/mol. The Morgan fingerprint density at radius 2 is 2.10 bits per heavy atom. The minimum Gasteiger partial charge on any atom is -0.403 e. The van der Waals surface area contributed by atoms with Crippen molar-refractivity contribution >= 4 is 33.3 Å². The highest BCUT2D eigenvalue weighted by Crippen LogP contribution is 2.29. The Bertz CT molecular complexity index is 1150. The first-order valence-electron chi connectivity index (χ1n) is 8.51. The van der Waals surface area contributed by atoms with Crippen LogP contribution in [0.5, 0.6) is 0 Å². The lowest BCUT2D eigenvalue weighted by molar-refractivity contribution is -0.119. The van der Waals surface area contributed by atoms with E-state index in [0.29, 0.717) is 18.9 Å². The number of halogens is 2. The van der Waals surface area contributed by atoms with E-state index in [1.165, 1.54) is 6.07 Å². The maximum absolute atomic E-state index is 13.8. The molecule has 1 N–H and O–H groups in total. The average molecular weight is 440 g/mol. The minimum absolute atomic E-state index is 0.123. The monoisotopic (exact) mass is 440 g/mol. The molecule has 3 aromatic rings. The zero-order valence-electron chi connectivity index (χ0n) is 14.7. The van der Waals surface area contributed by atoms with Gasteiger partial charge in [0.1, 0.15) is 21.9 Å². The average Bonchev–Trinajstić information content (AvgIpc) is 3.43. The quantitative estimate of drug-likeness (QED) is 0.654. The number of rotatable bonds is 5. The first kappa shape index (κ1) is 19.6. The van der Waals surface area contributed by atoms with Gasteiger partial charge in [-0.2, -0.15) is 4.31 Å². The Balaban J connectivity index is 1.52. The largest absolute Gasteiger partial charge is 0.403 e. The molecule has 0 spiro atoms. The van der Waals surface area contributed by atoms with Crippen molar-refractivity contribution in [3.63, 3.8) is 0 Å². The molecular formula is C17H14F2N4O4S2. The molecule has 2 aromatic heterocycles. The van der Waals surface area contributed by atoms with E-state index in [-0.39, 0.29) is 28.2 Å². The number of carbonyl (C=O) groups excluding carboxylic acids is 1. The van der Waals surface area contributed by atoms with Gasteiger partial charge in [0, 0.05) is 12.6 Å². The summed E-state index contributed by atoms with van der Waals surface area (Å²) >= 11 is 1.07. The molecule has 1 aliphatic heterocycles. The molecule has 1 atom stereocenters. The summed E-state index contributed by atoms with van der Waals surface area (Å²) in [6.45, 7) is 0.216. The lowest BCUT2D eigenvalue weighted by atomic mass is 10.2. The highest BCUT2D eigenvalue weighted by atomic mass is 32.2. The van der Waals surface area contributed by atoms with E-state index >= 15 is 0 Å². The van der Waals surface area contributed by atoms with Crippen LogP contribution in [0, 0.1) is 11.6 Å². The molecule has 1 aliphatic rings. The van der Waals surface area contributed by atoms with Crippen molar-refractivity contribution in [2.24, 2.45) is 0 Å². The number of nitrogens with zero attached hydrogens (tertiary/aromatic N) is 3. The van der Waals surface area contributed by atoms with Gasteiger partial charge in [-0.1, -0.05) is 11.2 Å². The molecule has 0 aliphatic carbocycles. The second kappa shape index (κ2) is 7.61. The number of anilines is 1. The van der Waals surface area contributed by atoms with Gasteiger partial charge in [0.05, 0.1) is 5.56 Å². The lowest BCUT2D eigenvalue weighted by Gasteiger charge is -2.21. The Kier molecular flexibility index (Phi) is 5.15. The zero-order chi connectivity index (χ0) is 20.6. The van der Waals surface area contributed by atoms with Gasteiger partial charge in [-0.3, -0.25) is 10.1 Å². The van der Waals surface area contributed by atoms with Crippen LogP contribution in [0.2, 0.25) is 0 Å². The first-order valence-corrected chi connectivity index (χ1v) is 10.8. The topological polar surface area (TPSA) is 105 Å². The fourth-order valence-corrected chi connectivity index (χ4v) is 5.83. The number of carbonyl (C=O) groups is 1. The third-order valence-electron chi connectivity index (χ3n) is 4.38. The van der Waals surface area contributed by atoms with E-state index in [9.17, 15) is 22.0 Å². The van der Waals surface area contributed by atoms with E-state index in [1.54, 1.807) is 11.4 Å². The van der Waals surface area contributed by atoms with Gasteiger partial charge in [0.2, 0.25) is 5.91 Å². The van der Waals surface area contributed by atoms with E-state index in [1.807, 2.05) is 0 Å². The van der Waals surface area contributed by atoms with E-state index in [2.05, 4.69) is 15.5 Å². The normalized spacial score (nSPS) is 17.5. The number of benzene rings is 1. The maximum Gasteiger partial charge on any atom is 0.322 e. The smallest absolute Gasteiger partial charge is 0.322 e. The lowest BCUT2D eigenvalue weighted by Crippen LogP contribution is -2.42. The van der Waals surface area contributed by atoms with Crippen molar-refractivity contribution in [2.75, 3.05) is 11.9 Å². The summed E-state index contributed by atoms with van der Waals surface area (Å²) in [6.07, 6.45) is 0.864. The summed E-state index contributed by atoms with van der Waals surface area (Å²) in [7, 11) is -3.79. The van der Waals surface area contributed by atoms with Gasteiger partial charge < -0.3 is 4.42 Å². The number of nitrogens with one attached hydrogen (secondary N) is 1. The summed E-state index contributed by atoms with van der Waals surface area (Å²) in [5, 5.41) is 11.3. The summed E-state index contributed by atoms with van der Waals surface area (Å²) in [5.74, 6) is -2.52. The molecule has 3 heterocycles. The van der Waals surface area contributed by atoms with Gasteiger partial charge in [0.15, 0.2) is 0 Å². The number of hydrogen-bond donors (Lipinski definition) is 1. The molecule has 0 bridgehead atoms. The number of hydrogen-bond acceptors (Lipinski definition) is 7. The van der Waals surface area contributed by atoms with Crippen molar-refractivity contribution < 1.29 is 26.4 Å². The van der Waals surface area contributed by atoms with Gasteiger partial charge in [-0.25, -0.2) is 17.2 Å². The van der Waals surface area contributed by atoms with Crippen LogP contribution in [0.3, 0.4) is 0 Å². The van der Waals surface area contributed by atoms with Gasteiger partial charge >= 0.3 is 6.01 Å². The van der Waals surface area contributed by atoms with Crippen LogP contribution in [0.15, 0.2) is 44.3 Å². The van der Waals surface area contributed by atoms with Crippen molar-refractivity contribution in [2.45, 2.75) is 23.1 Å². The molecule has 12 heteroatoms. The third-order valence-corrected chi connectivity index (χ3v) is 7.66. The van der Waals surface area contributed by atoms with Crippen LogP contribution < -0.4 is 5.32 Å². The van der Waals surface area contributed by atoms with Crippen LogP contribution in [-0.4, -0.2) is 41.4 Å². The molecule has 152 valence electrons. The summed E-state index contributed by atoms with van der Waals surface area (Å²) in [5.41, 5.74) is -0.123. The molecule has 4 rings (SSSR count). The number of thiophene rings is 1. The van der Waals surface area contributed by atoms with Crippen LogP contribution in [0.25, 0.3) is 11.5 Å². The Morgan fingerprint density at radius 3 is 2.83 bits per heavy atom. The van der Waals surface area contributed by atoms with Crippen LogP contribution in [0.4, 0.5) is 14.8 Å². The van der Waals surface area contributed by atoms with E-state index < -0.39 is 33.6 Å². The fraction of sp³-hybridized carbons (Fsp3) is 0.235. The second-order valence-electron chi connectivity index (χ2n) is 6.23. The zero-order valence-corrected chi connectivity index (χ0v) is 16.3. The van der Waals surface area contributed by atoms with Crippen molar-refractivity contribution in [1.29, 1.82) is 0 Å². The molecule has 1 saturated heterocycles. The molecule has 1 amide bonds. The SMILES string of the molecule is O=C(Nc1nnc(-c2ccc(F)cc2F)o1)C1CCCN1S(=O)(=O)c1cccs1. The molecule has 1 unspecified atom stereocenters. The van der Waals surface area contributed by atoms with Crippen molar-refractivity contribution in [1.82, 2.24) is 14.5 Å². The predicted octanol–water partition coefficient (Wildman–Crippen LogP) is 2.87. The van der Waals surface area contributed by atoms with Crippen LogP contribution in [0.1, 0.15) is 12.8 Å². The van der Waals surface area contributed by atoms with Gasteiger partial charge in [0.25, 0.3) is 15.9 Å². The van der Waals surface area contributed by atoms with E-state index in [4.69, 9.17) is 4.42 Å². The van der Waals surface area contributed by atoms with E-state index in [0.717, 1.165) is 27.8 Å². The van der Waals surface area contributed by atoms with Crippen molar-refractivity contribution in [3.8, 4) is 11.5 Å². The highest BCUT2D eigenvalue weighted by Gasteiger charge is 2.40. The molecule has 0 saturated carbocycles.